The molecule has 0 bridgehead atoms. The van der Waals surface area contributed by atoms with Gasteiger partial charge in [-0.1, -0.05) is 45.9 Å². The van der Waals surface area contributed by atoms with Crippen molar-refractivity contribution in [2.75, 3.05) is 11.9 Å². The highest BCUT2D eigenvalue weighted by Gasteiger charge is 2.56. The number of carbonyl (C=O) groups excluding carboxylic acids is 1. The normalized spacial score (nSPS) is 25.2. The van der Waals surface area contributed by atoms with E-state index >= 15 is 0 Å². The van der Waals surface area contributed by atoms with Crippen LogP contribution in [0.3, 0.4) is 0 Å². The highest BCUT2D eigenvalue weighted by atomic mass is 28.4. The summed E-state index contributed by atoms with van der Waals surface area (Å²) in [6, 6.07) is 12.5. The summed E-state index contributed by atoms with van der Waals surface area (Å²) in [7, 11) is -2.25. The number of rotatable bonds is 6. The second-order valence-corrected chi connectivity index (χ2v) is 15.4. The van der Waals surface area contributed by atoms with Crippen LogP contribution in [0.4, 0.5) is 5.82 Å². The third-order valence-electron chi connectivity index (χ3n) is 7.34. The first-order chi connectivity index (χ1) is 16.4. The summed E-state index contributed by atoms with van der Waals surface area (Å²) < 4.78 is 14.4. The third kappa shape index (κ3) is 4.64. The second-order valence-electron chi connectivity index (χ2n) is 10.7. The van der Waals surface area contributed by atoms with Gasteiger partial charge in [-0.25, -0.2) is 9.50 Å². The fourth-order valence-electron chi connectivity index (χ4n) is 4.04. The molecule has 3 heterocycles. The van der Waals surface area contributed by atoms with Crippen molar-refractivity contribution in [3.05, 3.63) is 60.0 Å². The Morgan fingerprint density at radius 2 is 1.91 bits per heavy atom. The number of nitrogens with one attached hydrogen (secondary N) is 1. The zero-order valence-corrected chi connectivity index (χ0v) is 22.0. The summed E-state index contributed by atoms with van der Waals surface area (Å²) in [6.07, 6.45) is 0.159. The van der Waals surface area contributed by atoms with E-state index in [1.807, 2.05) is 19.1 Å². The lowest BCUT2D eigenvalue weighted by molar-refractivity contribution is -0.231. The SMILES string of the molecule is C[C@H]1C(O[Si](C)(C)C(C)(C)C)[C@H](c2ccc3c(NC(=O)c4ccccc4)ncnn23)O[C@]1(O)CO. The molecule has 9 nitrogen and oxygen atoms in total. The summed E-state index contributed by atoms with van der Waals surface area (Å²) in [5, 5.41) is 28.2. The topological polar surface area (TPSA) is 118 Å². The van der Waals surface area contributed by atoms with Crippen LogP contribution in [-0.2, 0) is 9.16 Å². The molecular formula is C25H34N4O5Si. The molecular weight excluding hydrogens is 464 g/mol. The number of nitrogens with zero attached hydrogens (tertiary/aromatic N) is 3. The second kappa shape index (κ2) is 9.10. The van der Waals surface area contributed by atoms with Gasteiger partial charge in [0.15, 0.2) is 19.9 Å². The van der Waals surface area contributed by atoms with Crippen molar-refractivity contribution >= 4 is 25.6 Å². The van der Waals surface area contributed by atoms with Gasteiger partial charge in [-0.05, 0) is 42.4 Å². The van der Waals surface area contributed by atoms with Crippen LogP contribution in [0.1, 0.15) is 49.9 Å². The van der Waals surface area contributed by atoms with Gasteiger partial charge in [-0.3, -0.25) is 4.79 Å². The summed E-state index contributed by atoms with van der Waals surface area (Å²) in [4.78, 5) is 17.0. The molecule has 0 spiro atoms. The van der Waals surface area contributed by atoms with Gasteiger partial charge in [0.2, 0.25) is 0 Å². The Bertz CT molecular complexity index is 1210. The van der Waals surface area contributed by atoms with E-state index in [4.69, 9.17) is 9.16 Å². The zero-order chi connectivity index (χ0) is 25.6. The molecule has 1 saturated heterocycles. The first-order valence-electron chi connectivity index (χ1n) is 11.8. The molecule has 3 aromatic rings. The van der Waals surface area contributed by atoms with Crippen molar-refractivity contribution in [2.45, 2.75) is 63.8 Å². The standard InChI is InChI=1S/C25H34N4O5Si/c1-16-20(34-35(5,6)24(2,3)4)21(33-25(16,32)14-30)18-12-13-19-22(26-15-27-29(18)19)28-23(31)17-10-8-7-9-11-17/h7-13,15-16,20-21,30,32H,14H2,1-6H3,(H,26,27,28,31)/t16-,20?,21-,25+/m0/s1. The van der Waals surface area contributed by atoms with E-state index in [0.29, 0.717) is 22.6 Å². The highest BCUT2D eigenvalue weighted by Crippen LogP contribution is 2.48. The molecule has 10 heteroatoms. The molecule has 0 radical (unpaired) electrons. The molecule has 1 fully saturated rings. The van der Waals surface area contributed by atoms with Gasteiger partial charge in [0.05, 0.1) is 18.4 Å². The zero-order valence-electron chi connectivity index (χ0n) is 21.0. The maximum absolute atomic E-state index is 12.7. The van der Waals surface area contributed by atoms with Crippen molar-refractivity contribution in [3.8, 4) is 0 Å². The minimum absolute atomic E-state index is 0.0600. The van der Waals surface area contributed by atoms with Crippen molar-refractivity contribution in [1.29, 1.82) is 0 Å². The van der Waals surface area contributed by atoms with Crippen molar-refractivity contribution in [1.82, 2.24) is 14.6 Å². The molecule has 1 amide bonds. The Balaban J connectivity index is 1.71. The first kappa shape index (κ1) is 25.5. The number of aliphatic hydroxyl groups is 2. The monoisotopic (exact) mass is 498 g/mol. The van der Waals surface area contributed by atoms with Gasteiger partial charge in [0, 0.05) is 11.5 Å². The minimum atomic E-state index is -2.25. The number of anilines is 1. The van der Waals surface area contributed by atoms with Gasteiger partial charge in [-0.15, -0.1) is 0 Å². The molecule has 1 aliphatic heterocycles. The molecule has 4 rings (SSSR count). The largest absolute Gasteiger partial charge is 0.410 e. The Morgan fingerprint density at radius 3 is 2.54 bits per heavy atom. The van der Waals surface area contributed by atoms with Gasteiger partial charge < -0.3 is 24.7 Å². The number of aliphatic hydroxyl groups excluding tert-OH is 1. The Kier molecular flexibility index (Phi) is 6.62. The number of ether oxygens (including phenoxy) is 1. The van der Waals surface area contributed by atoms with E-state index in [9.17, 15) is 15.0 Å². The molecule has 35 heavy (non-hydrogen) atoms. The maximum Gasteiger partial charge on any atom is 0.256 e. The maximum atomic E-state index is 12.7. The number of aromatic nitrogens is 3. The molecule has 188 valence electrons. The lowest BCUT2D eigenvalue weighted by Gasteiger charge is -2.40. The molecule has 0 saturated carbocycles. The lowest BCUT2D eigenvalue weighted by Crippen LogP contribution is -2.48. The van der Waals surface area contributed by atoms with Crippen LogP contribution in [0, 0.1) is 5.92 Å². The van der Waals surface area contributed by atoms with Gasteiger partial charge in [0.1, 0.15) is 17.9 Å². The molecule has 2 aromatic heterocycles. The fraction of sp³-hybridized carbons (Fsp3) is 0.480. The molecule has 4 atom stereocenters. The van der Waals surface area contributed by atoms with Crippen molar-refractivity contribution < 1.29 is 24.2 Å². The molecule has 0 aliphatic carbocycles. The Hall–Kier alpha value is -2.63. The summed E-state index contributed by atoms with van der Waals surface area (Å²) in [5.41, 5.74) is 1.73. The quantitative estimate of drug-likeness (QED) is 0.443. The average Bonchev–Trinajstić information content (AvgIpc) is 3.34. The first-order valence-corrected chi connectivity index (χ1v) is 14.7. The highest BCUT2D eigenvalue weighted by molar-refractivity contribution is 6.74. The van der Waals surface area contributed by atoms with E-state index < -0.39 is 38.8 Å². The van der Waals surface area contributed by atoms with E-state index in [1.54, 1.807) is 34.8 Å². The summed E-state index contributed by atoms with van der Waals surface area (Å²) in [6.45, 7) is 12.0. The lowest BCUT2D eigenvalue weighted by atomic mass is 9.95. The van der Waals surface area contributed by atoms with Crippen LogP contribution < -0.4 is 5.32 Å². The van der Waals surface area contributed by atoms with Gasteiger partial charge in [-0.2, -0.15) is 5.10 Å². The third-order valence-corrected chi connectivity index (χ3v) is 11.8. The van der Waals surface area contributed by atoms with Crippen LogP contribution in [0.2, 0.25) is 18.1 Å². The van der Waals surface area contributed by atoms with Crippen LogP contribution in [0.15, 0.2) is 48.8 Å². The average molecular weight is 499 g/mol. The molecule has 1 aromatic carbocycles. The molecule has 1 unspecified atom stereocenters. The van der Waals surface area contributed by atoms with Gasteiger partial charge in [0.25, 0.3) is 5.91 Å². The predicted molar refractivity (Wildman–Crippen MR) is 134 cm³/mol. The number of fused-ring (bicyclic) bond motifs is 1. The van der Waals surface area contributed by atoms with E-state index in [-0.39, 0.29) is 10.9 Å². The number of carbonyl (C=O) groups is 1. The number of benzene rings is 1. The molecule has 1 aliphatic rings. The number of hydrogen-bond donors (Lipinski definition) is 3. The molecule has 3 N–H and O–H groups in total. The Labute approximate surface area is 206 Å². The summed E-state index contributed by atoms with van der Waals surface area (Å²) >= 11 is 0. The number of amides is 1. The van der Waals surface area contributed by atoms with Gasteiger partial charge >= 0.3 is 0 Å². The minimum Gasteiger partial charge on any atom is -0.410 e. The van der Waals surface area contributed by atoms with E-state index in [0.717, 1.165) is 0 Å². The van der Waals surface area contributed by atoms with Crippen molar-refractivity contribution in [3.63, 3.8) is 0 Å². The van der Waals surface area contributed by atoms with E-state index in [2.05, 4.69) is 49.3 Å². The smallest absolute Gasteiger partial charge is 0.256 e. The number of hydrogen-bond acceptors (Lipinski definition) is 7. The van der Waals surface area contributed by atoms with Crippen LogP contribution in [-0.4, -0.2) is 57.5 Å². The predicted octanol–water partition coefficient (Wildman–Crippen LogP) is 3.76. The van der Waals surface area contributed by atoms with Crippen molar-refractivity contribution in [2.24, 2.45) is 5.92 Å². The van der Waals surface area contributed by atoms with Crippen LogP contribution >= 0.6 is 0 Å². The Morgan fingerprint density at radius 1 is 1.23 bits per heavy atom. The van der Waals surface area contributed by atoms with E-state index in [1.165, 1.54) is 6.33 Å². The fourth-order valence-corrected chi connectivity index (χ4v) is 5.40. The van der Waals surface area contributed by atoms with Crippen LogP contribution in [0.25, 0.3) is 5.52 Å². The summed E-state index contributed by atoms with van der Waals surface area (Å²) in [5.74, 6) is -2.17. The van der Waals surface area contributed by atoms with Crippen LogP contribution in [0.5, 0.6) is 0 Å².